The van der Waals surface area contributed by atoms with E-state index < -0.39 is 47.0 Å². The van der Waals surface area contributed by atoms with Crippen LogP contribution < -0.4 is 11.4 Å². The minimum atomic E-state index is -1.61. The van der Waals surface area contributed by atoms with E-state index in [9.17, 15) is 24.2 Å². The van der Waals surface area contributed by atoms with E-state index >= 15 is 0 Å². The Morgan fingerprint density at radius 3 is 2.68 bits per heavy atom. The third-order valence-corrected chi connectivity index (χ3v) is 2.94. The molecule has 8 nitrogen and oxygen atoms in total. The van der Waals surface area contributed by atoms with Crippen molar-refractivity contribution in [3.63, 3.8) is 0 Å². The summed E-state index contributed by atoms with van der Waals surface area (Å²) in [7, 11) is 0. The van der Waals surface area contributed by atoms with E-state index in [1.54, 1.807) is 0 Å². The Hall–Kier alpha value is -1.49. The standard InChI is InChI=1S/C9H10FN3O5S/c10-2-1-13(9(17)12-6(2)11)7-4(15)3(14)5(18-7)8(16)19/h1,3-5,7,14-15H,(H,16,19)(H2,11,12,17)/t3-,4+,5-,7+/m0/s1. The second kappa shape index (κ2) is 4.89. The molecule has 0 radical (unpaired) electrons. The molecule has 2 heterocycles. The van der Waals surface area contributed by atoms with Crippen LogP contribution in [0.2, 0.25) is 0 Å². The Morgan fingerprint density at radius 1 is 1.53 bits per heavy atom. The fourth-order valence-corrected chi connectivity index (χ4v) is 1.95. The average molecular weight is 291 g/mol. The summed E-state index contributed by atoms with van der Waals surface area (Å²) in [5.41, 5.74) is 4.12. The molecule has 0 spiro atoms. The highest BCUT2D eigenvalue weighted by atomic mass is 32.1. The number of nitrogens with two attached hydrogens (primary N) is 1. The normalized spacial score (nSPS) is 30.5. The topological polar surface area (TPSA) is 128 Å². The molecule has 0 amide bonds. The molecular formula is C9H10FN3O5S. The minimum absolute atomic E-state index is 0.601. The van der Waals surface area contributed by atoms with Gasteiger partial charge in [-0.25, -0.2) is 9.18 Å². The Bertz CT molecular complexity index is 579. The molecule has 0 saturated carbocycles. The largest absolute Gasteiger partial charge is 0.387 e. The maximum atomic E-state index is 13.3. The van der Waals surface area contributed by atoms with Crippen molar-refractivity contribution in [2.24, 2.45) is 0 Å². The number of anilines is 1. The van der Waals surface area contributed by atoms with Gasteiger partial charge in [-0.3, -0.25) is 9.36 Å². The fraction of sp³-hybridized carbons (Fsp3) is 0.444. The monoisotopic (exact) mass is 291 g/mol. The van der Waals surface area contributed by atoms with E-state index in [1.165, 1.54) is 0 Å². The van der Waals surface area contributed by atoms with Crippen molar-refractivity contribution < 1.29 is 24.1 Å². The number of nitrogens with zero attached hydrogens (tertiary/aromatic N) is 2. The second-order valence-electron chi connectivity index (χ2n) is 3.93. The van der Waals surface area contributed by atoms with E-state index in [4.69, 9.17) is 10.5 Å². The van der Waals surface area contributed by atoms with Crippen LogP contribution in [-0.2, 0) is 9.53 Å². The van der Waals surface area contributed by atoms with Gasteiger partial charge in [0.25, 0.3) is 0 Å². The number of carbonyl (C=O) groups is 1. The van der Waals surface area contributed by atoms with E-state index in [1.807, 2.05) is 0 Å². The van der Waals surface area contributed by atoms with Crippen molar-refractivity contribution in [2.75, 3.05) is 5.73 Å². The predicted octanol–water partition coefficient (Wildman–Crippen LogP) is -1.96. The van der Waals surface area contributed by atoms with Crippen LogP contribution in [0.15, 0.2) is 11.0 Å². The molecule has 0 aliphatic carbocycles. The van der Waals surface area contributed by atoms with E-state index in [2.05, 4.69) is 17.6 Å². The maximum absolute atomic E-state index is 13.3. The molecular weight excluding hydrogens is 281 g/mol. The van der Waals surface area contributed by atoms with E-state index in [0.717, 1.165) is 0 Å². The van der Waals surface area contributed by atoms with Gasteiger partial charge in [0.2, 0.25) is 5.12 Å². The molecule has 2 rings (SSSR count). The number of aromatic nitrogens is 2. The summed E-state index contributed by atoms with van der Waals surface area (Å²) >= 11 is 3.48. The summed E-state index contributed by atoms with van der Waals surface area (Å²) in [6.07, 6.45) is -5.38. The molecule has 1 saturated heterocycles. The van der Waals surface area contributed by atoms with Gasteiger partial charge < -0.3 is 20.7 Å². The Morgan fingerprint density at radius 2 is 2.16 bits per heavy atom. The molecule has 1 aromatic rings. The second-order valence-corrected chi connectivity index (χ2v) is 4.37. The number of rotatable bonds is 2. The summed E-state index contributed by atoms with van der Waals surface area (Å²) < 4.78 is 18.9. The number of aliphatic hydroxyl groups is 2. The van der Waals surface area contributed by atoms with Crippen molar-refractivity contribution in [2.45, 2.75) is 24.5 Å². The van der Waals surface area contributed by atoms with Crippen molar-refractivity contribution in [3.8, 4) is 0 Å². The first-order chi connectivity index (χ1) is 8.82. The highest BCUT2D eigenvalue weighted by Crippen LogP contribution is 2.29. The number of aliphatic hydroxyl groups excluding tert-OH is 2. The van der Waals surface area contributed by atoms with Crippen LogP contribution in [0.25, 0.3) is 0 Å². The average Bonchev–Trinajstić information content (AvgIpc) is 2.62. The molecule has 1 aliphatic heterocycles. The Kier molecular flexibility index (Phi) is 3.58. The molecule has 1 aliphatic rings. The summed E-state index contributed by atoms with van der Waals surface area (Å²) in [6, 6.07) is 0. The lowest BCUT2D eigenvalue weighted by Gasteiger charge is -2.16. The Balaban J connectivity index is 2.41. The van der Waals surface area contributed by atoms with Gasteiger partial charge in [-0.05, 0) is 0 Å². The Labute approximate surface area is 111 Å². The number of halogens is 1. The highest BCUT2D eigenvalue weighted by molar-refractivity contribution is 7.96. The van der Waals surface area contributed by atoms with Crippen LogP contribution in [0, 0.1) is 5.82 Å². The number of hydrogen-bond donors (Lipinski definition) is 4. The van der Waals surface area contributed by atoms with Crippen LogP contribution >= 0.6 is 12.6 Å². The maximum Gasteiger partial charge on any atom is 0.351 e. The first-order valence-electron chi connectivity index (χ1n) is 5.11. The van der Waals surface area contributed by atoms with Gasteiger partial charge in [0.1, 0.15) is 12.2 Å². The minimum Gasteiger partial charge on any atom is -0.387 e. The van der Waals surface area contributed by atoms with Gasteiger partial charge in [0, 0.05) is 0 Å². The van der Waals surface area contributed by atoms with Crippen LogP contribution in [0.5, 0.6) is 0 Å². The number of hydrogen-bond acceptors (Lipinski definition) is 7. The molecule has 10 heteroatoms. The summed E-state index contributed by atoms with van der Waals surface area (Å²) in [6.45, 7) is 0. The van der Waals surface area contributed by atoms with Crippen LogP contribution in [0.1, 0.15) is 6.23 Å². The molecule has 1 aromatic heterocycles. The van der Waals surface area contributed by atoms with Crippen molar-refractivity contribution >= 4 is 23.6 Å². The molecule has 4 atom stereocenters. The fourth-order valence-electron chi connectivity index (χ4n) is 1.73. The van der Waals surface area contributed by atoms with Crippen LogP contribution in [0.4, 0.5) is 10.2 Å². The zero-order valence-electron chi connectivity index (χ0n) is 9.30. The van der Waals surface area contributed by atoms with Crippen molar-refractivity contribution in [1.29, 1.82) is 0 Å². The number of thiol groups is 1. The first kappa shape index (κ1) is 13.9. The lowest BCUT2D eigenvalue weighted by Crippen LogP contribution is -2.36. The number of ether oxygens (including phenoxy) is 1. The quantitative estimate of drug-likeness (QED) is 0.466. The molecule has 1 fully saturated rings. The summed E-state index contributed by atoms with van der Waals surface area (Å²) in [4.78, 5) is 25.8. The molecule has 0 aromatic carbocycles. The van der Waals surface area contributed by atoms with Gasteiger partial charge in [0.15, 0.2) is 24.0 Å². The molecule has 19 heavy (non-hydrogen) atoms. The highest BCUT2D eigenvalue weighted by Gasteiger charge is 2.46. The molecule has 104 valence electrons. The zero-order chi connectivity index (χ0) is 14.3. The molecule has 0 bridgehead atoms. The lowest BCUT2D eigenvalue weighted by molar-refractivity contribution is -0.126. The predicted molar refractivity (Wildman–Crippen MR) is 62.8 cm³/mol. The smallest absolute Gasteiger partial charge is 0.351 e. The van der Waals surface area contributed by atoms with Crippen LogP contribution in [0.3, 0.4) is 0 Å². The zero-order valence-corrected chi connectivity index (χ0v) is 10.2. The van der Waals surface area contributed by atoms with Gasteiger partial charge in [-0.15, -0.1) is 12.6 Å². The van der Waals surface area contributed by atoms with Gasteiger partial charge in [-0.1, -0.05) is 0 Å². The van der Waals surface area contributed by atoms with E-state index in [0.29, 0.717) is 10.8 Å². The third-order valence-electron chi connectivity index (χ3n) is 2.69. The summed E-state index contributed by atoms with van der Waals surface area (Å²) in [5.74, 6) is -1.60. The van der Waals surface area contributed by atoms with Crippen LogP contribution in [-0.4, -0.2) is 43.2 Å². The van der Waals surface area contributed by atoms with Crippen molar-refractivity contribution in [1.82, 2.24) is 9.55 Å². The van der Waals surface area contributed by atoms with Gasteiger partial charge in [0.05, 0.1) is 6.20 Å². The third kappa shape index (κ3) is 2.34. The van der Waals surface area contributed by atoms with Crippen molar-refractivity contribution in [3.05, 3.63) is 22.5 Å². The number of nitrogen functional groups attached to an aromatic ring is 1. The summed E-state index contributed by atoms with van der Waals surface area (Å²) in [5, 5.41) is 18.5. The van der Waals surface area contributed by atoms with Gasteiger partial charge in [-0.2, -0.15) is 4.98 Å². The SMILES string of the molecule is Nc1nc(=O)n([C@@H]2O[C@H](C(=O)S)[C@@H](O)[C@H]2O)cc1F. The molecule has 4 N–H and O–H groups in total. The van der Waals surface area contributed by atoms with Gasteiger partial charge >= 0.3 is 5.69 Å². The first-order valence-corrected chi connectivity index (χ1v) is 5.56. The molecule has 0 unspecified atom stereocenters. The lowest BCUT2D eigenvalue weighted by atomic mass is 10.1. The van der Waals surface area contributed by atoms with E-state index in [-0.39, 0.29) is 0 Å². The number of carbonyl (C=O) groups excluding carboxylic acids is 1.